The third-order valence-corrected chi connectivity index (χ3v) is 4.30. The molecule has 0 bridgehead atoms. The number of benzene rings is 2. The highest BCUT2D eigenvalue weighted by Crippen LogP contribution is 2.33. The molecule has 2 nitrogen and oxygen atoms in total. The van der Waals surface area contributed by atoms with Crippen LogP contribution in [0.1, 0.15) is 29.7 Å². The van der Waals surface area contributed by atoms with Gasteiger partial charge in [-0.15, -0.1) is 0 Å². The lowest BCUT2D eigenvalue weighted by Crippen LogP contribution is -2.19. The number of rotatable bonds is 5. The van der Waals surface area contributed by atoms with Gasteiger partial charge in [-0.25, -0.2) is 0 Å². The summed E-state index contributed by atoms with van der Waals surface area (Å²) in [7, 11) is 1.98. The minimum absolute atomic E-state index is 0.121. The fourth-order valence-electron chi connectivity index (χ4n) is 2.42. The first-order chi connectivity index (χ1) is 9.69. The smallest absolute Gasteiger partial charge is 0.124 e. The average molecular weight is 334 g/mol. The minimum atomic E-state index is 0.121. The van der Waals surface area contributed by atoms with Gasteiger partial charge < -0.3 is 10.1 Å². The van der Waals surface area contributed by atoms with Gasteiger partial charge in [-0.05, 0) is 44.2 Å². The predicted octanol–water partition coefficient (Wildman–Crippen LogP) is 4.47. The second kappa shape index (κ2) is 6.91. The Bertz CT molecular complexity index is 583. The van der Waals surface area contributed by atoms with Crippen LogP contribution in [0, 0.1) is 6.92 Å². The molecule has 0 saturated heterocycles. The lowest BCUT2D eigenvalue weighted by atomic mass is 9.94. The predicted molar refractivity (Wildman–Crippen MR) is 87.4 cm³/mol. The van der Waals surface area contributed by atoms with Crippen LogP contribution in [-0.4, -0.2) is 13.7 Å². The van der Waals surface area contributed by atoms with Gasteiger partial charge in [0.2, 0.25) is 0 Å². The molecule has 1 atom stereocenters. The van der Waals surface area contributed by atoms with E-state index in [-0.39, 0.29) is 6.04 Å². The van der Waals surface area contributed by atoms with Crippen molar-refractivity contribution in [1.29, 1.82) is 0 Å². The van der Waals surface area contributed by atoms with Gasteiger partial charge in [0.05, 0.1) is 12.6 Å². The monoisotopic (exact) mass is 333 g/mol. The first-order valence-corrected chi connectivity index (χ1v) is 7.62. The van der Waals surface area contributed by atoms with Crippen LogP contribution >= 0.6 is 15.9 Å². The van der Waals surface area contributed by atoms with Gasteiger partial charge in [0, 0.05) is 10.0 Å². The SMILES string of the molecule is CCOc1ccccc1C(NC)c1cccc(Br)c1C. The van der Waals surface area contributed by atoms with Crippen LogP contribution in [0.5, 0.6) is 5.75 Å². The summed E-state index contributed by atoms with van der Waals surface area (Å²) >= 11 is 3.61. The molecule has 1 unspecified atom stereocenters. The first kappa shape index (κ1) is 15.1. The topological polar surface area (TPSA) is 21.3 Å². The Morgan fingerprint density at radius 3 is 2.50 bits per heavy atom. The molecule has 2 aromatic rings. The van der Waals surface area contributed by atoms with Crippen molar-refractivity contribution in [3.8, 4) is 5.75 Å². The molecule has 106 valence electrons. The van der Waals surface area contributed by atoms with Crippen LogP contribution in [0.4, 0.5) is 0 Å². The molecule has 0 radical (unpaired) electrons. The molecule has 0 saturated carbocycles. The van der Waals surface area contributed by atoms with E-state index in [1.54, 1.807) is 0 Å². The molecule has 20 heavy (non-hydrogen) atoms. The normalized spacial score (nSPS) is 12.2. The maximum Gasteiger partial charge on any atom is 0.124 e. The van der Waals surface area contributed by atoms with E-state index in [1.165, 1.54) is 11.1 Å². The molecule has 0 aliphatic carbocycles. The summed E-state index contributed by atoms with van der Waals surface area (Å²) < 4.78 is 6.89. The van der Waals surface area contributed by atoms with Crippen molar-refractivity contribution >= 4 is 15.9 Å². The molecular formula is C17H20BrNO. The molecule has 0 amide bonds. The second-order valence-corrected chi connectivity index (χ2v) is 5.50. The summed E-state index contributed by atoms with van der Waals surface area (Å²) in [4.78, 5) is 0. The Hall–Kier alpha value is -1.32. The summed E-state index contributed by atoms with van der Waals surface area (Å²) in [5.41, 5.74) is 3.67. The van der Waals surface area contributed by atoms with E-state index in [2.05, 4.69) is 58.5 Å². The third kappa shape index (κ3) is 3.05. The standard InChI is InChI=1S/C17H20BrNO/c1-4-20-16-11-6-5-8-14(16)17(19-3)13-9-7-10-15(18)12(13)2/h5-11,17,19H,4H2,1-3H3. The number of hydrogen-bond donors (Lipinski definition) is 1. The van der Waals surface area contributed by atoms with Gasteiger partial charge in [-0.3, -0.25) is 0 Å². The van der Waals surface area contributed by atoms with Crippen LogP contribution in [0.25, 0.3) is 0 Å². The van der Waals surface area contributed by atoms with Gasteiger partial charge >= 0.3 is 0 Å². The van der Waals surface area contributed by atoms with Crippen LogP contribution in [0.15, 0.2) is 46.9 Å². The van der Waals surface area contributed by atoms with Crippen LogP contribution in [-0.2, 0) is 0 Å². The molecule has 3 heteroatoms. The van der Waals surface area contributed by atoms with Crippen molar-refractivity contribution in [2.75, 3.05) is 13.7 Å². The molecule has 0 aromatic heterocycles. The van der Waals surface area contributed by atoms with Crippen LogP contribution in [0.3, 0.4) is 0 Å². The number of hydrogen-bond acceptors (Lipinski definition) is 2. The molecular weight excluding hydrogens is 314 g/mol. The molecule has 0 heterocycles. The van der Waals surface area contributed by atoms with Crippen LogP contribution < -0.4 is 10.1 Å². The third-order valence-electron chi connectivity index (χ3n) is 3.44. The maximum atomic E-state index is 5.76. The maximum absolute atomic E-state index is 5.76. The highest BCUT2D eigenvalue weighted by Gasteiger charge is 2.18. The van der Waals surface area contributed by atoms with Gasteiger partial charge in [0.1, 0.15) is 5.75 Å². The highest BCUT2D eigenvalue weighted by molar-refractivity contribution is 9.10. The van der Waals surface area contributed by atoms with Gasteiger partial charge in [0.15, 0.2) is 0 Å². The van der Waals surface area contributed by atoms with Crippen molar-refractivity contribution in [1.82, 2.24) is 5.32 Å². The zero-order valence-electron chi connectivity index (χ0n) is 12.1. The van der Waals surface area contributed by atoms with Crippen molar-refractivity contribution < 1.29 is 4.74 Å². The molecule has 2 rings (SSSR count). The summed E-state index contributed by atoms with van der Waals surface area (Å²) in [6.45, 7) is 4.81. The Morgan fingerprint density at radius 2 is 1.80 bits per heavy atom. The van der Waals surface area contributed by atoms with Gasteiger partial charge in [0.25, 0.3) is 0 Å². The molecule has 0 fully saturated rings. The van der Waals surface area contributed by atoms with E-state index in [0.29, 0.717) is 6.61 Å². The number of ether oxygens (including phenoxy) is 1. The van der Waals surface area contributed by atoms with Crippen molar-refractivity contribution in [2.24, 2.45) is 0 Å². The Labute approximate surface area is 129 Å². The highest BCUT2D eigenvalue weighted by atomic mass is 79.9. The first-order valence-electron chi connectivity index (χ1n) is 6.83. The zero-order chi connectivity index (χ0) is 14.5. The molecule has 0 aliphatic heterocycles. The fourth-order valence-corrected chi connectivity index (χ4v) is 2.80. The van der Waals surface area contributed by atoms with E-state index in [0.717, 1.165) is 15.8 Å². The Kier molecular flexibility index (Phi) is 5.21. The molecule has 1 N–H and O–H groups in total. The van der Waals surface area contributed by atoms with E-state index >= 15 is 0 Å². The molecule has 0 aliphatic rings. The molecule has 0 spiro atoms. The van der Waals surface area contributed by atoms with Crippen molar-refractivity contribution in [2.45, 2.75) is 19.9 Å². The van der Waals surface area contributed by atoms with E-state index in [4.69, 9.17) is 4.74 Å². The second-order valence-electron chi connectivity index (χ2n) is 4.65. The van der Waals surface area contributed by atoms with Gasteiger partial charge in [-0.2, -0.15) is 0 Å². The van der Waals surface area contributed by atoms with E-state index in [1.807, 2.05) is 26.1 Å². The number of halogens is 1. The van der Waals surface area contributed by atoms with E-state index < -0.39 is 0 Å². The summed E-state index contributed by atoms with van der Waals surface area (Å²) in [6, 6.07) is 14.6. The van der Waals surface area contributed by atoms with Crippen molar-refractivity contribution in [3.63, 3.8) is 0 Å². The Morgan fingerprint density at radius 1 is 1.10 bits per heavy atom. The zero-order valence-corrected chi connectivity index (χ0v) is 13.7. The Balaban J connectivity index is 2.50. The fraction of sp³-hybridized carbons (Fsp3) is 0.294. The van der Waals surface area contributed by atoms with Crippen molar-refractivity contribution in [3.05, 3.63) is 63.6 Å². The average Bonchev–Trinajstić information content (AvgIpc) is 2.46. The number of para-hydroxylation sites is 1. The summed E-state index contributed by atoms with van der Waals surface area (Å²) in [6.07, 6.45) is 0. The lowest BCUT2D eigenvalue weighted by Gasteiger charge is -2.22. The summed E-state index contributed by atoms with van der Waals surface area (Å²) in [5, 5.41) is 3.40. The largest absolute Gasteiger partial charge is 0.494 e. The summed E-state index contributed by atoms with van der Waals surface area (Å²) in [5.74, 6) is 0.939. The number of nitrogens with one attached hydrogen (secondary N) is 1. The van der Waals surface area contributed by atoms with E-state index in [9.17, 15) is 0 Å². The quantitative estimate of drug-likeness (QED) is 0.871. The van der Waals surface area contributed by atoms with Crippen LogP contribution in [0.2, 0.25) is 0 Å². The van der Waals surface area contributed by atoms with Gasteiger partial charge in [-0.1, -0.05) is 46.3 Å². The molecule has 2 aromatic carbocycles. The lowest BCUT2D eigenvalue weighted by molar-refractivity contribution is 0.334. The minimum Gasteiger partial charge on any atom is -0.494 e.